The summed E-state index contributed by atoms with van der Waals surface area (Å²) in [7, 11) is 0. The first-order valence-electron chi connectivity index (χ1n) is 3.03. The molecule has 0 aliphatic rings. The van der Waals surface area contributed by atoms with Crippen LogP contribution < -0.4 is 0 Å². The van der Waals surface area contributed by atoms with Crippen LogP contribution >= 0.6 is 15.9 Å². The Labute approximate surface area is 76.3 Å². The van der Waals surface area contributed by atoms with E-state index in [1.807, 2.05) is 0 Å². The molecule has 0 saturated carbocycles. The van der Waals surface area contributed by atoms with Crippen molar-refractivity contribution in [3.63, 3.8) is 0 Å². The van der Waals surface area contributed by atoms with Gasteiger partial charge in [-0.1, -0.05) is 15.9 Å². The Morgan fingerprint density at radius 3 is 2.92 bits per heavy atom. The number of nitro groups is 1. The first-order valence-corrected chi connectivity index (χ1v) is 4.15. The van der Waals surface area contributed by atoms with E-state index >= 15 is 0 Å². The average molecular weight is 233 g/mol. The fourth-order valence-electron chi connectivity index (χ4n) is 0.732. The number of halogens is 1. The molecule has 0 aliphatic carbocycles. The average Bonchev–Trinajstić information content (AvgIpc) is 2.04. The van der Waals surface area contributed by atoms with E-state index in [1.54, 1.807) is 0 Å². The van der Waals surface area contributed by atoms with Crippen molar-refractivity contribution >= 4 is 21.6 Å². The second kappa shape index (κ2) is 3.48. The molecule has 12 heavy (non-hydrogen) atoms. The van der Waals surface area contributed by atoms with Crippen LogP contribution in [0.1, 0.15) is 5.69 Å². The summed E-state index contributed by atoms with van der Waals surface area (Å²) in [5.74, 6) is -0.202. The minimum atomic E-state index is -0.580. The molecule has 0 fully saturated rings. The maximum absolute atomic E-state index is 10.4. The minimum absolute atomic E-state index is 0.174. The van der Waals surface area contributed by atoms with Gasteiger partial charge in [-0.05, 0) is 0 Å². The van der Waals surface area contributed by atoms with Gasteiger partial charge in [0.2, 0.25) is 0 Å². The van der Waals surface area contributed by atoms with Gasteiger partial charge in [0.1, 0.15) is 11.4 Å². The van der Waals surface area contributed by atoms with Crippen molar-refractivity contribution in [1.82, 2.24) is 4.98 Å². The topological polar surface area (TPSA) is 76.3 Å². The van der Waals surface area contributed by atoms with Crippen molar-refractivity contribution in [2.24, 2.45) is 0 Å². The Balaban J connectivity index is 3.21. The molecule has 0 spiro atoms. The molecule has 0 bridgehead atoms. The summed E-state index contributed by atoms with van der Waals surface area (Å²) in [6.07, 6.45) is 1.17. The van der Waals surface area contributed by atoms with Gasteiger partial charge in [0.25, 0.3) is 5.69 Å². The molecule has 0 atom stereocenters. The number of pyridine rings is 1. The maximum Gasteiger partial charge on any atom is 0.295 e. The predicted molar refractivity (Wildman–Crippen MR) is 45.2 cm³/mol. The van der Waals surface area contributed by atoms with Crippen molar-refractivity contribution in [2.45, 2.75) is 5.33 Å². The van der Waals surface area contributed by atoms with Gasteiger partial charge in [-0.2, -0.15) is 0 Å². The molecule has 6 heteroatoms. The fourth-order valence-corrected chi connectivity index (χ4v) is 1.16. The third kappa shape index (κ3) is 1.70. The summed E-state index contributed by atoms with van der Waals surface area (Å²) in [6, 6.07) is 1.07. The van der Waals surface area contributed by atoms with Crippen LogP contribution in [0.2, 0.25) is 0 Å². The van der Waals surface area contributed by atoms with E-state index in [0.29, 0.717) is 11.0 Å². The van der Waals surface area contributed by atoms with Crippen molar-refractivity contribution in [2.75, 3.05) is 0 Å². The normalized spacial score (nSPS) is 9.75. The third-order valence-corrected chi connectivity index (χ3v) is 1.79. The smallest absolute Gasteiger partial charge is 0.295 e. The van der Waals surface area contributed by atoms with Gasteiger partial charge >= 0.3 is 0 Å². The second-order valence-electron chi connectivity index (χ2n) is 2.05. The molecular formula is C6H5BrN2O3. The second-order valence-corrected chi connectivity index (χ2v) is 2.61. The lowest BCUT2D eigenvalue weighted by atomic mass is 10.3. The van der Waals surface area contributed by atoms with Crippen LogP contribution in [0.4, 0.5) is 5.69 Å². The van der Waals surface area contributed by atoms with Gasteiger partial charge in [0.15, 0.2) is 0 Å². The van der Waals surface area contributed by atoms with Gasteiger partial charge in [-0.3, -0.25) is 10.1 Å². The van der Waals surface area contributed by atoms with E-state index in [4.69, 9.17) is 5.11 Å². The Hall–Kier alpha value is -1.17. The van der Waals surface area contributed by atoms with Gasteiger partial charge in [0.05, 0.1) is 22.5 Å². The summed E-state index contributed by atoms with van der Waals surface area (Å²) in [5, 5.41) is 19.6. The van der Waals surface area contributed by atoms with E-state index in [0.717, 1.165) is 6.07 Å². The molecule has 5 nitrogen and oxygen atoms in total. The summed E-state index contributed by atoms with van der Waals surface area (Å²) >= 11 is 3.05. The number of nitrogens with zero attached hydrogens (tertiary/aromatic N) is 2. The van der Waals surface area contributed by atoms with E-state index in [2.05, 4.69) is 20.9 Å². The molecular weight excluding hydrogens is 228 g/mol. The van der Waals surface area contributed by atoms with Crippen LogP contribution in [0.25, 0.3) is 0 Å². The van der Waals surface area contributed by atoms with Crippen LogP contribution in [0.15, 0.2) is 12.3 Å². The zero-order chi connectivity index (χ0) is 9.14. The lowest BCUT2D eigenvalue weighted by Gasteiger charge is -1.97. The van der Waals surface area contributed by atoms with Gasteiger partial charge in [-0.25, -0.2) is 4.98 Å². The summed E-state index contributed by atoms with van der Waals surface area (Å²) in [4.78, 5) is 13.5. The first-order chi connectivity index (χ1) is 5.65. The van der Waals surface area contributed by atoms with E-state index < -0.39 is 4.92 Å². The zero-order valence-corrected chi connectivity index (χ0v) is 7.48. The minimum Gasteiger partial charge on any atom is -0.506 e. The largest absolute Gasteiger partial charge is 0.506 e. The van der Waals surface area contributed by atoms with Crippen LogP contribution in [0, 0.1) is 10.1 Å². The lowest BCUT2D eigenvalue weighted by molar-refractivity contribution is -0.385. The zero-order valence-electron chi connectivity index (χ0n) is 5.90. The van der Waals surface area contributed by atoms with Crippen LogP contribution in [0.3, 0.4) is 0 Å². The Kier molecular flexibility index (Phi) is 2.59. The SMILES string of the molecule is O=[N+]([O-])c1cc(O)cnc1CBr. The molecule has 64 valence electrons. The maximum atomic E-state index is 10.4. The molecule has 0 saturated heterocycles. The predicted octanol–water partition coefficient (Wildman–Crippen LogP) is 1.59. The van der Waals surface area contributed by atoms with E-state index in [-0.39, 0.29) is 11.4 Å². The molecule has 0 aliphatic heterocycles. The molecule has 1 N–H and O–H groups in total. The molecule has 1 aromatic heterocycles. The molecule has 0 unspecified atom stereocenters. The fraction of sp³-hybridized carbons (Fsp3) is 0.167. The van der Waals surface area contributed by atoms with Gasteiger partial charge in [-0.15, -0.1) is 0 Å². The quantitative estimate of drug-likeness (QED) is 0.478. The van der Waals surface area contributed by atoms with E-state index in [9.17, 15) is 10.1 Å². The highest BCUT2D eigenvalue weighted by atomic mass is 79.9. The number of hydrogen-bond acceptors (Lipinski definition) is 4. The summed E-state index contributed by atoms with van der Waals surface area (Å²) < 4.78 is 0. The number of rotatable bonds is 2. The number of aromatic hydroxyl groups is 1. The van der Waals surface area contributed by atoms with Gasteiger partial charge in [0, 0.05) is 0 Å². The van der Waals surface area contributed by atoms with Crippen LogP contribution in [0.5, 0.6) is 5.75 Å². The van der Waals surface area contributed by atoms with Crippen LogP contribution in [-0.2, 0) is 5.33 Å². The highest BCUT2D eigenvalue weighted by Crippen LogP contribution is 2.22. The van der Waals surface area contributed by atoms with Crippen molar-refractivity contribution in [3.8, 4) is 5.75 Å². The van der Waals surface area contributed by atoms with Gasteiger partial charge < -0.3 is 5.11 Å². The highest BCUT2D eigenvalue weighted by Gasteiger charge is 2.14. The molecule has 1 heterocycles. The van der Waals surface area contributed by atoms with Crippen LogP contribution in [-0.4, -0.2) is 15.0 Å². The molecule has 1 rings (SSSR count). The first kappa shape index (κ1) is 8.92. The molecule has 0 aromatic carbocycles. The van der Waals surface area contributed by atoms with Crippen molar-refractivity contribution < 1.29 is 10.0 Å². The van der Waals surface area contributed by atoms with Crippen molar-refractivity contribution in [3.05, 3.63) is 28.1 Å². The third-order valence-electron chi connectivity index (χ3n) is 1.26. The Bertz CT molecular complexity index is 316. The Morgan fingerprint density at radius 1 is 1.75 bits per heavy atom. The standard InChI is InChI=1S/C6H5BrN2O3/c7-2-5-6(9(11)12)1-4(10)3-8-5/h1,3,10H,2H2. The number of hydrogen-bond donors (Lipinski definition) is 1. The molecule has 0 radical (unpaired) electrons. The monoisotopic (exact) mass is 232 g/mol. The number of alkyl halides is 1. The highest BCUT2D eigenvalue weighted by molar-refractivity contribution is 9.08. The lowest BCUT2D eigenvalue weighted by Crippen LogP contribution is -1.95. The summed E-state index contributed by atoms with van der Waals surface area (Å²) in [6.45, 7) is 0. The summed E-state index contributed by atoms with van der Waals surface area (Å²) in [5.41, 5.74) is 0.129. The van der Waals surface area contributed by atoms with E-state index in [1.165, 1.54) is 6.20 Å². The molecule has 1 aromatic rings. The Morgan fingerprint density at radius 2 is 2.42 bits per heavy atom. The molecule has 0 amide bonds. The van der Waals surface area contributed by atoms with Crippen molar-refractivity contribution in [1.29, 1.82) is 0 Å². The number of aromatic nitrogens is 1.